The van der Waals surface area contributed by atoms with E-state index in [4.69, 9.17) is 4.74 Å². The quantitative estimate of drug-likeness (QED) is 0.293. The number of hydrogen-bond acceptors (Lipinski definition) is 6. The predicted octanol–water partition coefficient (Wildman–Crippen LogP) is 2.87. The summed E-state index contributed by atoms with van der Waals surface area (Å²) >= 11 is 2.45. The van der Waals surface area contributed by atoms with Crippen LogP contribution in [0.3, 0.4) is 0 Å². The standard InChI is InChI=1S/C20H26IN7O2/c21-15-11-13(30-20(29)23-5-3-9-27-7-1-2-8-27)10-14(15)19-26-25-17-12-24-18-16(28(17)19)4-6-22-18/h4,6,12-15,22H,1-3,5,7-11H2,(H,23,29)/t13-,14+,15-/m1/s1. The molecule has 10 heteroatoms. The minimum atomic E-state index is -0.311. The number of hydrogen-bond donors (Lipinski definition) is 2. The highest BCUT2D eigenvalue weighted by molar-refractivity contribution is 14.1. The monoisotopic (exact) mass is 523 g/mol. The Labute approximate surface area is 188 Å². The van der Waals surface area contributed by atoms with Crippen molar-refractivity contribution in [2.75, 3.05) is 26.2 Å². The van der Waals surface area contributed by atoms with Gasteiger partial charge in [0.05, 0.1) is 11.7 Å². The second kappa shape index (κ2) is 8.66. The molecule has 1 saturated heterocycles. The number of alkyl carbamates (subject to hydrolysis) is 1. The number of nitrogens with zero attached hydrogens (tertiary/aromatic N) is 5. The van der Waals surface area contributed by atoms with Crippen LogP contribution in [0, 0.1) is 0 Å². The molecule has 3 aromatic rings. The zero-order valence-electron chi connectivity index (χ0n) is 16.8. The van der Waals surface area contributed by atoms with E-state index in [1.807, 2.05) is 12.3 Å². The van der Waals surface area contributed by atoms with Crippen LogP contribution in [0.2, 0.25) is 0 Å². The van der Waals surface area contributed by atoms with Crippen LogP contribution in [0.5, 0.6) is 0 Å². The lowest BCUT2D eigenvalue weighted by molar-refractivity contribution is 0.100. The van der Waals surface area contributed by atoms with Crippen LogP contribution in [0.1, 0.15) is 43.8 Å². The van der Waals surface area contributed by atoms with Gasteiger partial charge in [0.1, 0.15) is 11.9 Å². The van der Waals surface area contributed by atoms with Gasteiger partial charge in [0, 0.05) is 22.6 Å². The highest BCUT2D eigenvalue weighted by Gasteiger charge is 2.38. The second-order valence-corrected chi connectivity index (χ2v) is 9.77. The Morgan fingerprint density at radius 3 is 3.03 bits per heavy atom. The molecule has 0 aromatic carbocycles. The first kappa shape index (κ1) is 20.0. The largest absolute Gasteiger partial charge is 0.446 e. The molecule has 1 amide bonds. The maximum absolute atomic E-state index is 12.3. The Kier molecular flexibility index (Phi) is 5.77. The van der Waals surface area contributed by atoms with Gasteiger partial charge in [-0.3, -0.25) is 4.40 Å². The van der Waals surface area contributed by atoms with Gasteiger partial charge in [-0.05, 0) is 57.8 Å². The van der Waals surface area contributed by atoms with Gasteiger partial charge in [-0.25, -0.2) is 9.78 Å². The Morgan fingerprint density at radius 1 is 1.30 bits per heavy atom. The predicted molar refractivity (Wildman–Crippen MR) is 121 cm³/mol. The van der Waals surface area contributed by atoms with E-state index in [2.05, 4.69) is 57.4 Å². The molecule has 30 heavy (non-hydrogen) atoms. The Bertz CT molecular complexity index is 1030. The summed E-state index contributed by atoms with van der Waals surface area (Å²) in [6.45, 7) is 4.08. The maximum atomic E-state index is 12.3. The van der Waals surface area contributed by atoms with Gasteiger partial charge in [0.25, 0.3) is 0 Å². The summed E-state index contributed by atoms with van der Waals surface area (Å²) in [5, 5.41) is 11.7. The molecule has 1 aliphatic carbocycles. The first-order chi connectivity index (χ1) is 14.7. The highest BCUT2D eigenvalue weighted by atomic mass is 127. The highest BCUT2D eigenvalue weighted by Crippen LogP contribution is 2.40. The Morgan fingerprint density at radius 2 is 2.17 bits per heavy atom. The second-order valence-electron chi connectivity index (χ2n) is 8.17. The van der Waals surface area contributed by atoms with Crippen molar-refractivity contribution in [1.29, 1.82) is 0 Å². The smallest absolute Gasteiger partial charge is 0.407 e. The zero-order chi connectivity index (χ0) is 20.5. The van der Waals surface area contributed by atoms with E-state index >= 15 is 0 Å². The number of likely N-dealkylation sites (tertiary alicyclic amines) is 1. The van der Waals surface area contributed by atoms with E-state index < -0.39 is 0 Å². The normalized spacial score (nSPS) is 24.8. The Hall–Kier alpha value is -1.95. The number of fused-ring (bicyclic) bond motifs is 3. The van der Waals surface area contributed by atoms with E-state index in [9.17, 15) is 4.79 Å². The minimum absolute atomic E-state index is 0.105. The van der Waals surface area contributed by atoms with Crippen molar-refractivity contribution in [1.82, 2.24) is 34.8 Å². The van der Waals surface area contributed by atoms with Crippen LogP contribution in [-0.4, -0.2) is 71.8 Å². The molecule has 9 nitrogen and oxygen atoms in total. The lowest BCUT2D eigenvalue weighted by Gasteiger charge is -2.15. The average Bonchev–Trinajstić information content (AvgIpc) is 3.51. The van der Waals surface area contributed by atoms with E-state index in [0.717, 1.165) is 48.4 Å². The molecule has 2 aliphatic rings. The van der Waals surface area contributed by atoms with Gasteiger partial charge in [-0.1, -0.05) is 22.6 Å². The number of rotatable bonds is 6. The molecule has 0 radical (unpaired) electrons. The summed E-state index contributed by atoms with van der Waals surface area (Å²) in [4.78, 5) is 22.2. The molecule has 1 aliphatic heterocycles. The number of carbonyl (C=O) groups excluding carboxylic acids is 1. The van der Waals surface area contributed by atoms with Crippen LogP contribution in [0.4, 0.5) is 4.79 Å². The summed E-state index contributed by atoms with van der Waals surface area (Å²) in [6.07, 6.45) is 8.32. The van der Waals surface area contributed by atoms with E-state index in [0.29, 0.717) is 10.5 Å². The molecule has 2 fully saturated rings. The molecule has 1 saturated carbocycles. The van der Waals surface area contributed by atoms with E-state index in [1.54, 1.807) is 6.20 Å². The van der Waals surface area contributed by atoms with Crippen molar-refractivity contribution in [3.63, 3.8) is 0 Å². The molecule has 2 N–H and O–H groups in total. The minimum Gasteiger partial charge on any atom is -0.446 e. The number of H-pyrrole nitrogens is 1. The molecule has 3 aromatic heterocycles. The number of aromatic nitrogens is 5. The number of amides is 1. The van der Waals surface area contributed by atoms with Crippen molar-refractivity contribution in [2.45, 2.75) is 48.1 Å². The van der Waals surface area contributed by atoms with Crippen molar-refractivity contribution in [3.8, 4) is 0 Å². The number of halogens is 1. The summed E-state index contributed by atoms with van der Waals surface area (Å²) < 4.78 is 8.11. The molecule has 0 bridgehead atoms. The number of carbonyl (C=O) groups is 1. The zero-order valence-corrected chi connectivity index (χ0v) is 18.9. The number of aromatic amines is 1. The summed E-state index contributed by atoms with van der Waals surface area (Å²) in [6, 6.07) is 1.99. The van der Waals surface area contributed by atoms with Crippen LogP contribution in [0.25, 0.3) is 16.8 Å². The van der Waals surface area contributed by atoms with Gasteiger partial charge >= 0.3 is 6.09 Å². The molecule has 0 spiro atoms. The van der Waals surface area contributed by atoms with Gasteiger partial charge in [-0.2, -0.15) is 0 Å². The van der Waals surface area contributed by atoms with Crippen LogP contribution in [-0.2, 0) is 4.74 Å². The van der Waals surface area contributed by atoms with Crippen LogP contribution >= 0.6 is 22.6 Å². The van der Waals surface area contributed by atoms with Crippen molar-refractivity contribution in [3.05, 3.63) is 24.3 Å². The van der Waals surface area contributed by atoms with Crippen LogP contribution < -0.4 is 5.32 Å². The van der Waals surface area contributed by atoms with Crippen molar-refractivity contribution >= 4 is 45.5 Å². The molecule has 5 rings (SSSR count). The van der Waals surface area contributed by atoms with Gasteiger partial charge in [-0.15, -0.1) is 10.2 Å². The summed E-state index contributed by atoms with van der Waals surface area (Å²) in [7, 11) is 0. The van der Waals surface area contributed by atoms with Gasteiger partial charge in [0.2, 0.25) is 0 Å². The first-order valence-electron chi connectivity index (χ1n) is 10.7. The third-order valence-corrected chi connectivity index (χ3v) is 7.51. The number of nitrogens with one attached hydrogen (secondary N) is 2. The fourth-order valence-electron chi connectivity index (χ4n) is 4.64. The molecule has 0 unspecified atom stereocenters. The molecule has 4 heterocycles. The van der Waals surface area contributed by atoms with Crippen LogP contribution in [0.15, 0.2) is 18.5 Å². The maximum Gasteiger partial charge on any atom is 0.407 e. The lowest BCUT2D eigenvalue weighted by atomic mass is 10.1. The third-order valence-electron chi connectivity index (χ3n) is 6.13. The van der Waals surface area contributed by atoms with Gasteiger partial charge in [0.15, 0.2) is 11.3 Å². The average molecular weight is 523 g/mol. The lowest BCUT2D eigenvalue weighted by Crippen LogP contribution is -2.31. The number of alkyl halides is 1. The first-order valence-corrected chi connectivity index (χ1v) is 11.9. The Balaban J connectivity index is 1.19. The SMILES string of the molecule is O=C(NCCCN1CCCC1)O[C@H]1C[C@@H](I)[C@@H](c2nnc3cnc4[nH]ccc4n23)C1. The fraction of sp³-hybridized carbons (Fsp3) is 0.600. The van der Waals surface area contributed by atoms with E-state index in [1.165, 1.54) is 25.9 Å². The third kappa shape index (κ3) is 3.98. The molecule has 160 valence electrons. The van der Waals surface area contributed by atoms with Gasteiger partial charge < -0.3 is 19.9 Å². The number of ether oxygens (including phenoxy) is 1. The van der Waals surface area contributed by atoms with Crippen molar-refractivity contribution < 1.29 is 9.53 Å². The summed E-state index contributed by atoms with van der Waals surface area (Å²) in [5.41, 5.74) is 2.52. The fourth-order valence-corrected chi connectivity index (χ4v) is 5.82. The molecular formula is C20H26IN7O2. The van der Waals surface area contributed by atoms with Crippen molar-refractivity contribution in [2.24, 2.45) is 0 Å². The molecular weight excluding hydrogens is 497 g/mol. The topological polar surface area (TPSA) is 100 Å². The summed E-state index contributed by atoms with van der Waals surface area (Å²) in [5.74, 6) is 1.09. The molecule has 3 atom stereocenters. The van der Waals surface area contributed by atoms with E-state index in [-0.39, 0.29) is 18.1 Å².